The first-order chi connectivity index (χ1) is 7.54. The Morgan fingerprint density at radius 1 is 1.50 bits per heavy atom. The first-order valence-electron chi connectivity index (χ1n) is 5.39. The molecule has 1 amide bonds. The zero-order valence-electron chi connectivity index (χ0n) is 9.90. The Morgan fingerprint density at radius 3 is 2.69 bits per heavy atom. The van der Waals surface area contributed by atoms with Crippen molar-refractivity contribution in [1.29, 1.82) is 0 Å². The summed E-state index contributed by atoms with van der Waals surface area (Å²) in [5.74, 6) is -0.109. The van der Waals surface area contributed by atoms with Gasteiger partial charge in [0, 0.05) is 24.5 Å². The summed E-state index contributed by atoms with van der Waals surface area (Å²) in [5.41, 5.74) is 1.43. The molecular weight excluding hydrogens is 204 g/mol. The first kappa shape index (κ1) is 12.6. The van der Waals surface area contributed by atoms with Gasteiger partial charge in [0.15, 0.2) is 0 Å². The van der Waals surface area contributed by atoms with Gasteiger partial charge in [0.25, 0.3) is 5.91 Å². The van der Waals surface area contributed by atoms with Crippen molar-refractivity contribution < 1.29 is 9.90 Å². The van der Waals surface area contributed by atoms with Crippen LogP contribution in [0.3, 0.4) is 0 Å². The van der Waals surface area contributed by atoms with Crippen molar-refractivity contribution in [2.75, 3.05) is 6.61 Å². The Balaban J connectivity index is 2.62. The maximum atomic E-state index is 11.8. The smallest absolute Gasteiger partial charge is 0.253 e. The van der Waals surface area contributed by atoms with Crippen LogP contribution in [0.15, 0.2) is 18.3 Å². The molecule has 0 saturated carbocycles. The fourth-order valence-electron chi connectivity index (χ4n) is 1.19. The molecule has 0 saturated heterocycles. The minimum absolute atomic E-state index is 0.0438. The molecule has 0 aliphatic carbocycles. The Morgan fingerprint density at radius 2 is 2.19 bits per heavy atom. The normalized spacial score (nSPS) is 14.2. The number of carbonyl (C=O) groups is 1. The van der Waals surface area contributed by atoms with Crippen LogP contribution in [0.2, 0.25) is 0 Å². The largest absolute Gasteiger partial charge is 0.396 e. The number of aryl methyl sites for hydroxylation is 1. The van der Waals surface area contributed by atoms with E-state index >= 15 is 0 Å². The highest BCUT2D eigenvalue weighted by Gasteiger charge is 2.14. The van der Waals surface area contributed by atoms with Gasteiger partial charge in [0.2, 0.25) is 0 Å². The van der Waals surface area contributed by atoms with Crippen LogP contribution >= 0.6 is 0 Å². The highest BCUT2D eigenvalue weighted by atomic mass is 16.3. The van der Waals surface area contributed by atoms with Gasteiger partial charge in [-0.25, -0.2) is 0 Å². The summed E-state index contributed by atoms with van der Waals surface area (Å²) in [7, 11) is 0. The SMILES string of the molecule is Cc1ccc(C(=O)NC(C)C(C)CO)cn1. The van der Waals surface area contributed by atoms with Crippen LogP contribution in [0.5, 0.6) is 0 Å². The van der Waals surface area contributed by atoms with Crippen molar-refractivity contribution in [3.05, 3.63) is 29.6 Å². The van der Waals surface area contributed by atoms with E-state index in [-0.39, 0.29) is 24.5 Å². The van der Waals surface area contributed by atoms with E-state index in [0.717, 1.165) is 5.69 Å². The zero-order chi connectivity index (χ0) is 12.1. The van der Waals surface area contributed by atoms with E-state index in [1.54, 1.807) is 18.3 Å². The van der Waals surface area contributed by atoms with Gasteiger partial charge in [-0.15, -0.1) is 0 Å². The third-order valence-corrected chi connectivity index (χ3v) is 2.67. The Bertz CT molecular complexity index is 349. The van der Waals surface area contributed by atoms with Crippen molar-refractivity contribution in [2.24, 2.45) is 5.92 Å². The molecule has 1 aromatic rings. The highest BCUT2D eigenvalue weighted by molar-refractivity contribution is 5.94. The number of amides is 1. The van der Waals surface area contributed by atoms with Crippen LogP contribution in [0, 0.1) is 12.8 Å². The number of nitrogens with zero attached hydrogens (tertiary/aromatic N) is 1. The van der Waals surface area contributed by atoms with Crippen LogP contribution in [-0.2, 0) is 0 Å². The average molecular weight is 222 g/mol. The second kappa shape index (κ2) is 5.61. The Labute approximate surface area is 95.7 Å². The maximum Gasteiger partial charge on any atom is 0.253 e. The average Bonchev–Trinajstić information content (AvgIpc) is 2.28. The van der Waals surface area contributed by atoms with Gasteiger partial charge < -0.3 is 10.4 Å². The molecule has 1 heterocycles. The minimum atomic E-state index is -0.152. The van der Waals surface area contributed by atoms with Gasteiger partial charge in [-0.05, 0) is 31.9 Å². The molecule has 0 aliphatic heterocycles. The maximum absolute atomic E-state index is 11.8. The lowest BCUT2D eigenvalue weighted by atomic mass is 10.0. The van der Waals surface area contributed by atoms with Gasteiger partial charge >= 0.3 is 0 Å². The van der Waals surface area contributed by atoms with Gasteiger partial charge in [-0.2, -0.15) is 0 Å². The number of pyridine rings is 1. The van der Waals surface area contributed by atoms with Crippen molar-refractivity contribution in [3.63, 3.8) is 0 Å². The summed E-state index contributed by atoms with van der Waals surface area (Å²) in [6, 6.07) is 3.49. The van der Waals surface area contributed by atoms with Gasteiger partial charge in [-0.1, -0.05) is 6.92 Å². The third-order valence-electron chi connectivity index (χ3n) is 2.67. The van der Waals surface area contributed by atoms with Crippen LogP contribution in [0.1, 0.15) is 29.9 Å². The van der Waals surface area contributed by atoms with E-state index in [1.807, 2.05) is 20.8 Å². The zero-order valence-corrected chi connectivity index (χ0v) is 9.90. The van der Waals surface area contributed by atoms with E-state index in [2.05, 4.69) is 10.3 Å². The molecule has 1 rings (SSSR count). The van der Waals surface area contributed by atoms with Crippen LogP contribution < -0.4 is 5.32 Å². The van der Waals surface area contributed by atoms with Gasteiger partial charge in [0.1, 0.15) is 0 Å². The summed E-state index contributed by atoms with van der Waals surface area (Å²) in [5, 5.41) is 11.8. The number of aliphatic hydroxyl groups is 1. The second-order valence-electron chi connectivity index (χ2n) is 4.11. The van der Waals surface area contributed by atoms with Gasteiger partial charge in [0.05, 0.1) is 5.56 Å². The number of aliphatic hydroxyl groups excluding tert-OH is 1. The molecular formula is C12H18N2O2. The van der Waals surface area contributed by atoms with E-state index in [0.29, 0.717) is 5.56 Å². The van der Waals surface area contributed by atoms with Crippen molar-refractivity contribution in [2.45, 2.75) is 26.8 Å². The van der Waals surface area contributed by atoms with E-state index in [4.69, 9.17) is 5.11 Å². The topological polar surface area (TPSA) is 62.2 Å². The molecule has 4 heteroatoms. The molecule has 2 atom stereocenters. The Kier molecular flexibility index (Phi) is 4.43. The number of nitrogens with one attached hydrogen (secondary N) is 1. The molecule has 0 aliphatic rings. The summed E-state index contributed by atoms with van der Waals surface area (Å²) < 4.78 is 0. The number of rotatable bonds is 4. The lowest BCUT2D eigenvalue weighted by molar-refractivity contribution is 0.0916. The molecule has 0 aromatic carbocycles. The number of carbonyl (C=O) groups excluding carboxylic acids is 1. The molecule has 88 valence electrons. The molecule has 1 aromatic heterocycles. The second-order valence-corrected chi connectivity index (χ2v) is 4.11. The van der Waals surface area contributed by atoms with Crippen LogP contribution in [0.4, 0.5) is 0 Å². The number of hydrogen-bond donors (Lipinski definition) is 2. The number of aromatic nitrogens is 1. The van der Waals surface area contributed by atoms with Crippen molar-refractivity contribution in [3.8, 4) is 0 Å². The summed E-state index contributed by atoms with van der Waals surface area (Å²) in [6.45, 7) is 5.70. The van der Waals surface area contributed by atoms with E-state index in [1.165, 1.54) is 0 Å². The lowest BCUT2D eigenvalue weighted by Crippen LogP contribution is -2.38. The van der Waals surface area contributed by atoms with E-state index < -0.39 is 0 Å². The van der Waals surface area contributed by atoms with Crippen LogP contribution in [-0.4, -0.2) is 28.6 Å². The summed E-state index contributed by atoms with van der Waals surface area (Å²) in [4.78, 5) is 15.8. The predicted octanol–water partition coefficient (Wildman–Crippen LogP) is 1.14. The van der Waals surface area contributed by atoms with Crippen molar-refractivity contribution >= 4 is 5.91 Å². The van der Waals surface area contributed by atoms with E-state index in [9.17, 15) is 4.79 Å². The summed E-state index contributed by atoms with van der Waals surface area (Å²) in [6.07, 6.45) is 1.56. The fraction of sp³-hybridized carbons (Fsp3) is 0.500. The highest BCUT2D eigenvalue weighted by Crippen LogP contribution is 2.04. The molecule has 0 bridgehead atoms. The molecule has 4 nitrogen and oxygen atoms in total. The summed E-state index contributed by atoms with van der Waals surface area (Å²) >= 11 is 0. The van der Waals surface area contributed by atoms with Crippen LogP contribution in [0.25, 0.3) is 0 Å². The molecule has 16 heavy (non-hydrogen) atoms. The monoisotopic (exact) mass is 222 g/mol. The predicted molar refractivity (Wildman–Crippen MR) is 62.2 cm³/mol. The first-order valence-corrected chi connectivity index (χ1v) is 5.39. The molecule has 0 radical (unpaired) electrons. The standard InChI is InChI=1S/C12H18N2O2/c1-8(7-15)10(3)14-12(16)11-5-4-9(2)13-6-11/h4-6,8,10,15H,7H2,1-3H3,(H,14,16). The van der Waals surface area contributed by atoms with Crippen molar-refractivity contribution in [1.82, 2.24) is 10.3 Å². The third kappa shape index (κ3) is 3.31. The Hall–Kier alpha value is -1.42. The molecule has 2 unspecified atom stereocenters. The minimum Gasteiger partial charge on any atom is -0.396 e. The molecule has 2 N–H and O–H groups in total. The molecule has 0 fully saturated rings. The fourth-order valence-corrected chi connectivity index (χ4v) is 1.19. The lowest BCUT2D eigenvalue weighted by Gasteiger charge is -2.19. The number of hydrogen-bond acceptors (Lipinski definition) is 3. The molecule has 0 spiro atoms. The van der Waals surface area contributed by atoms with Gasteiger partial charge in [-0.3, -0.25) is 9.78 Å². The quantitative estimate of drug-likeness (QED) is 0.803.